The number of anilines is 1. The zero-order valence-corrected chi connectivity index (χ0v) is 14.5. The number of fused-ring (bicyclic) bond motifs is 1. The fourth-order valence-corrected chi connectivity index (χ4v) is 3.32. The molecule has 1 aromatic heterocycles. The molecule has 2 aromatic carbocycles. The minimum atomic E-state index is -0.917. The molecule has 0 aliphatic carbocycles. The number of aromatic hydroxyl groups is 1. The highest BCUT2D eigenvalue weighted by molar-refractivity contribution is 6.28. The quantitative estimate of drug-likeness (QED) is 0.549. The van der Waals surface area contributed by atoms with Crippen LogP contribution in [0.5, 0.6) is 11.5 Å². The predicted octanol–water partition coefficient (Wildman–Crippen LogP) is 1.35. The van der Waals surface area contributed by atoms with E-state index in [-0.39, 0.29) is 22.9 Å². The predicted molar refractivity (Wildman–Crippen MR) is 100 cm³/mol. The van der Waals surface area contributed by atoms with Crippen molar-refractivity contribution in [1.29, 1.82) is 0 Å². The average Bonchev–Trinajstić information content (AvgIpc) is 3.18. The van der Waals surface area contributed by atoms with Crippen LogP contribution in [-0.2, 0) is 4.79 Å². The number of hydrogen-bond donors (Lipinski definition) is 4. The monoisotopic (exact) mass is 366 g/mol. The van der Waals surface area contributed by atoms with Gasteiger partial charge in [0, 0.05) is 18.2 Å². The third-order valence-corrected chi connectivity index (χ3v) is 4.57. The van der Waals surface area contributed by atoms with Crippen LogP contribution in [0, 0.1) is 0 Å². The summed E-state index contributed by atoms with van der Waals surface area (Å²) in [5.41, 5.74) is 8.42. The smallest absolute Gasteiger partial charge is 0.195 e. The van der Waals surface area contributed by atoms with Crippen LogP contribution in [0.25, 0.3) is 16.6 Å². The average molecular weight is 366 g/mol. The number of aromatic nitrogens is 2. The van der Waals surface area contributed by atoms with E-state index in [1.165, 1.54) is 24.1 Å². The zero-order chi connectivity index (χ0) is 19.1. The van der Waals surface area contributed by atoms with Crippen molar-refractivity contribution in [3.8, 4) is 11.5 Å². The van der Waals surface area contributed by atoms with Crippen LogP contribution in [0.3, 0.4) is 0 Å². The number of phenols is 1. The van der Waals surface area contributed by atoms with E-state index >= 15 is 0 Å². The molecule has 27 heavy (non-hydrogen) atoms. The molecule has 5 N–H and O–H groups in total. The Morgan fingerprint density at radius 1 is 1.30 bits per heavy atom. The number of aromatic amines is 1. The number of aliphatic hydroxyl groups is 1. The summed E-state index contributed by atoms with van der Waals surface area (Å²) in [5.74, 6) is 0.492. The van der Waals surface area contributed by atoms with Crippen LogP contribution in [0.15, 0.2) is 48.3 Å². The first kappa shape index (κ1) is 16.9. The third kappa shape index (κ3) is 2.67. The molecule has 0 radical (unpaired) electrons. The summed E-state index contributed by atoms with van der Waals surface area (Å²) in [6.45, 7) is -0.443. The maximum absolute atomic E-state index is 13.0. The number of carbonyl (C=O) groups is 1. The number of methoxy groups -OCH3 is 1. The van der Waals surface area contributed by atoms with Gasteiger partial charge in [0.2, 0.25) is 0 Å². The number of benzene rings is 2. The number of para-hydroxylation sites is 2. The molecule has 1 unspecified atom stereocenters. The van der Waals surface area contributed by atoms with Crippen molar-refractivity contribution < 1.29 is 19.7 Å². The Labute approximate surface area is 154 Å². The molecule has 2 heterocycles. The van der Waals surface area contributed by atoms with Gasteiger partial charge in [-0.1, -0.05) is 12.1 Å². The van der Waals surface area contributed by atoms with Crippen molar-refractivity contribution >= 4 is 28.1 Å². The molecule has 0 saturated heterocycles. The highest BCUT2D eigenvalue weighted by atomic mass is 16.5. The van der Waals surface area contributed by atoms with E-state index in [1.54, 1.807) is 6.07 Å². The lowest BCUT2D eigenvalue weighted by Crippen LogP contribution is -2.39. The number of ketones is 1. The van der Waals surface area contributed by atoms with E-state index in [1.807, 2.05) is 24.3 Å². The third-order valence-electron chi connectivity index (χ3n) is 4.57. The SMILES string of the molecule is COc1cc(O)cc(N2C(N)=C(c3nc4ccccc4[nH]3)C(=O)C2CO)c1. The summed E-state index contributed by atoms with van der Waals surface area (Å²) in [7, 11) is 1.47. The van der Waals surface area contributed by atoms with Crippen LogP contribution >= 0.6 is 0 Å². The lowest BCUT2D eigenvalue weighted by atomic mass is 10.1. The molecule has 1 aliphatic rings. The number of aliphatic hydroxyl groups excluding tert-OH is 1. The van der Waals surface area contributed by atoms with Gasteiger partial charge in [0.15, 0.2) is 5.78 Å². The van der Waals surface area contributed by atoms with E-state index < -0.39 is 12.6 Å². The molecule has 0 bridgehead atoms. The summed E-state index contributed by atoms with van der Waals surface area (Å²) in [5, 5.41) is 19.8. The van der Waals surface area contributed by atoms with E-state index in [0.29, 0.717) is 22.8 Å². The summed E-state index contributed by atoms with van der Waals surface area (Å²) >= 11 is 0. The van der Waals surface area contributed by atoms with Crippen LogP contribution in [0.2, 0.25) is 0 Å². The van der Waals surface area contributed by atoms with Crippen molar-refractivity contribution in [2.24, 2.45) is 5.73 Å². The highest BCUT2D eigenvalue weighted by Crippen LogP contribution is 2.37. The molecule has 0 amide bonds. The van der Waals surface area contributed by atoms with Crippen molar-refractivity contribution in [2.45, 2.75) is 6.04 Å². The van der Waals surface area contributed by atoms with Crippen LogP contribution in [0.4, 0.5) is 5.69 Å². The van der Waals surface area contributed by atoms with E-state index in [9.17, 15) is 15.0 Å². The highest BCUT2D eigenvalue weighted by Gasteiger charge is 2.41. The van der Waals surface area contributed by atoms with E-state index in [4.69, 9.17) is 10.5 Å². The molecular weight excluding hydrogens is 348 g/mol. The van der Waals surface area contributed by atoms with E-state index in [0.717, 1.165) is 5.52 Å². The number of nitrogens with zero attached hydrogens (tertiary/aromatic N) is 2. The van der Waals surface area contributed by atoms with Gasteiger partial charge in [0.05, 0.1) is 30.4 Å². The van der Waals surface area contributed by atoms with Gasteiger partial charge in [-0.15, -0.1) is 0 Å². The number of phenolic OH excluding ortho intramolecular Hbond substituents is 1. The second kappa shape index (κ2) is 6.33. The summed E-state index contributed by atoms with van der Waals surface area (Å²) < 4.78 is 5.17. The van der Waals surface area contributed by atoms with Gasteiger partial charge < -0.3 is 30.6 Å². The van der Waals surface area contributed by atoms with Crippen LogP contribution < -0.4 is 15.4 Å². The number of nitrogens with one attached hydrogen (secondary N) is 1. The van der Waals surface area contributed by atoms with Gasteiger partial charge in [-0.25, -0.2) is 4.98 Å². The molecule has 0 saturated carbocycles. The summed E-state index contributed by atoms with van der Waals surface area (Å²) in [6, 6.07) is 11.0. The molecule has 8 heteroatoms. The Morgan fingerprint density at radius 2 is 2.07 bits per heavy atom. The van der Waals surface area contributed by atoms with Crippen molar-refractivity contribution in [3.05, 3.63) is 54.1 Å². The first-order chi connectivity index (χ1) is 13.0. The van der Waals surface area contributed by atoms with Gasteiger partial charge in [-0.3, -0.25) is 4.79 Å². The molecule has 138 valence electrons. The van der Waals surface area contributed by atoms with Gasteiger partial charge >= 0.3 is 0 Å². The minimum absolute atomic E-state index is 0.0431. The molecule has 1 aliphatic heterocycles. The molecule has 4 rings (SSSR count). The van der Waals surface area contributed by atoms with E-state index in [2.05, 4.69) is 9.97 Å². The topological polar surface area (TPSA) is 125 Å². The fourth-order valence-electron chi connectivity index (χ4n) is 3.32. The fraction of sp³-hybridized carbons (Fsp3) is 0.158. The summed E-state index contributed by atoms with van der Waals surface area (Å²) in [6.07, 6.45) is 0. The second-order valence-corrected chi connectivity index (χ2v) is 6.18. The van der Waals surface area contributed by atoms with Crippen molar-refractivity contribution in [2.75, 3.05) is 18.6 Å². The maximum atomic E-state index is 13.0. The Hall–Kier alpha value is -3.52. The number of Topliss-reactive ketones (excluding diaryl/α,β-unsaturated/α-hetero) is 1. The normalized spacial score (nSPS) is 17.2. The molecule has 3 aromatic rings. The Kier molecular flexibility index (Phi) is 3.97. The zero-order valence-electron chi connectivity index (χ0n) is 14.5. The van der Waals surface area contributed by atoms with Crippen LogP contribution in [0.1, 0.15) is 5.82 Å². The second-order valence-electron chi connectivity index (χ2n) is 6.18. The molecular formula is C19H18N4O4. The number of ether oxygens (including phenoxy) is 1. The number of hydrogen-bond acceptors (Lipinski definition) is 7. The Balaban J connectivity index is 1.86. The first-order valence-corrected chi connectivity index (χ1v) is 8.30. The van der Waals surface area contributed by atoms with Gasteiger partial charge in [-0.05, 0) is 12.1 Å². The lowest BCUT2D eigenvalue weighted by molar-refractivity contribution is -0.115. The number of carbonyl (C=O) groups excluding carboxylic acids is 1. The first-order valence-electron chi connectivity index (χ1n) is 8.30. The van der Waals surface area contributed by atoms with Crippen molar-refractivity contribution in [1.82, 2.24) is 9.97 Å². The number of nitrogens with two attached hydrogens (primary N) is 1. The van der Waals surface area contributed by atoms with Crippen molar-refractivity contribution in [3.63, 3.8) is 0 Å². The van der Waals surface area contributed by atoms with Gasteiger partial charge in [-0.2, -0.15) is 0 Å². The summed E-state index contributed by atoms with van der Waals surface area (Å²) in [4.78, 5) is 22.0. The molecule has 0 fully saturated rings. The number of H-pyrrole nitrogens is 1. The number of imidazole rings is 1. The molecule has 1 atom stereocenters. The van der Waals surface area contributed by atoms with Gasteiger partial charge in [0.25, 0.3) is 0 Å². The molecule has 0 spiro atoms. The largest absolute Gasteiger partial charge is 0.508 e. The standard InChI is InChI=1S/C19H18N4O4/c1-27-12-7-10(6-11(25)8-12)23-15(9-24)17(26)16(18(23)20)19-21-13-4-2-3-5-14(13)22-19/h2-8,15,24-25H,9,20H2,1H3,(H,21,22). The number of rotatable bonds is 4. The van der Waals surface area contributed by atoms with Gasteiger partial charge in [0.1, 0.15) is 34.8 Å². The minimum Gasteiger partial charge on any atom is -0.508 e. The Bertz CT molecular complexity index is 1040. The molecule has 8 nitrogen and oxygen atoms in total. The Morgan fingerprint density at radius 3 is 2.78 bits per heavy atom. The lowest BCUT2D eigenvalue weighted by Gasteiger charge is -2.25. The van der Waals surface area contributed by atoms with Crippen LogP contribution in [-0.4, -0.2) is 45.7 Å². The maximum Gasteiger partial charge on any atom is 0.195 e.